The lowest BCUT2D eigenvalue weighted by Gasteiger charge is -2.19. The Hall–Kier alpha value is -2.95. The number of hydrogen-bond acceptors (Lipinski definition) is 7. The van der Waals surface area contributed by atoms with Crippen LogP contribution < -0.4 is 10.6 Å². The molecule has 0 radical (unpaired) electrons. The molecule has 0 aromatic carbocycles. The highest BCUT2D eigenvalue weighted by atomic mass is 32.1. The number of anilines is 1. The number of carbonyl (C=O) groups is 3. The number of amides is 3. The SMILES string of the molecule is CCOC(=O)c1c(NC(=O)N[C@@H]2CCN(C(=O)C(C)C)C2)sc(-n2nccn2)c1C. The first-order valence-corrected chi connectivity index (χ1v) is 10.7. The smallest absolute Gasteiger partial charge is 0.341 e. The van der Waals surface area contributed by atoms with Crippen LogP contribution in [0.15, 0.2) is 12.4 Å². The molecule has 1 atom stereocenters. The number of thiophene rings is 1. The third kappa shape index (κ3) is 4.61. The molecular formula is C19H26N6O4S. The number of nitrogens with one attached hydrogen (secondary N) is 2. The van der Waals surface area contributed by atoms with E-state index in [0.29, 0.717) is 35.1 Å². The molecule has 162 valence electrons. The maximum Gasteiger partial charge on any atom is 0.341 e. The number of ether oxygens (including phenoxy) is 1. The zero-order chi connectivity index (χ0) is 21.8. The van der Waals surface area contributed by atoms with Gasteiger partial charge in [0.1, 0.15) is 10.0 Å². The molecule has 0 bridgehead atoms. The minimum atomic E-state index is -0.519. The molecule has 0 saturated carbocycles. The van der Waals surface area contributed by atoms with E-state index in [1.807, 2.05) is 13.8 Å². The Bertz CT molecular complexity index is 924. The van der Waals surface area contributed by atoms with Crippen molar-refractivity contribution in [1.82, 2.24) is 25.2 Å². The van der Waals surface area contributed by atoms with E-state index < -0.39 is 12.0 Å². The Labute approximate surface area is 178 Å². The lowest BCUT2D eigenvalue weighted by Crippen LogP contribution is -2.41. The zero-order valence-electron chi connectivity index (χ0n) is 17.5. The minimum Gasteiger partial charge on any atom is -0.462 e. The van der Waals surface area contributed by atoms with Crippen molar-refractivity contribution in [3.63, 3.8) is 0 Å². The van der Waals surface area contributed by atoms with Crippen LogP contribution in [-0.2, 0) is 9.53 Å². The first-order valence-electron chi connectivity index (χ1n) is 9.85. The predicted octanol–water partition coefficient (Wildman–Crippen LogP) is 2.19. The molecule has 2 aromatic heterocycles. The maximum absolute atomic E-state index is 12.6. The van der Waals surface area contributed by atoms with E-state index in [-0.39, 0.29) is 30.0 Å². The molecule has 30 heavy (non-hydrogen) atoms. The van der Waals surface area contributed by atoms with E-state index in [0.717, 1.165) is 0 Å². The van der Waals surface area contributed by atoms with Crippen LogP contribution in [-0.4, -0.2) is 63.5 Å². The summed E-state index contributed by atoms with van der Waals surface area (Å²) >= 11 is 1.19. The number of carbonyl (C=O) groups excluding carboxylic acids is 3. The summed E-state index contributed by atoms with van der Waals surface area (Å²) in [5.41, 5.74) is 0.909. The summed E-state index contributed by atoms with van der Waals surface area (Å²) in [6, 6.07) is -0.585. The van der Waals surface area contributed by atoms with Crippen molar-refractivity contribution in [3.05, 3.63) is 23.5 Å². The van der Waals surface area contributed by atoms with Crippen LogP contribution in [0.25, 0.3) is 5.00 Å². The molecule has 11 heteroatoms. The molecule has 1 saturated heterocycles. The van der Waals surface area contributed by atoms with Gasteiger partial charge in [0.2, 0.25) is 5.91 Å². The van der Waals surface area contributed by atoms with Crippen molar-refractivity contribution in [3.8, 4) is 5.00 Å². The molecule has 0 spiro atoms. The maximum atomic E-state index is 12.6. The Morgan fingerprint density at radius 2 is 2.00 bits per heavy atom. The third-order valence-electron chi connectivity index (χ3n) is 4.76. The van der Waals surface area contributed by atoms with Crippen LogP contribution >= 0.6 is 11.3 Å². The van der Waals surface area contributed by atoms with Crippen molar-refractivity contribution in [2.75, 3.05) is 25.0 Å². The Balaban J connectivity index is 1.74. The number of likely N-dealkylation sites (tertiary alicyclic amines) is 1. The number of rotatable bonds is 6. The van der Waals surface area contributed by atoms with Crippen LogP contribution in [0.5, 0.6) is 0 Å². The molecule has 3 heterocycles. The molecule has 10 nitrogen and oxygen atoms in total. The minimum absolute atomic E-state index is 0.0758. The lowest BCUT2D eigenvalue weighted by atomic mass is 10.2. The highest BCUT2D eigenvalue weighted by Crippen LogP contribution is 2.35. The Morgan fingerprint density at radius 1 is 1.30 bits per heavy atom. The molecule has 0 aliphatic carbocycles. The molecule has 0 unspecified atom stereocenters. The highest BCUT2D eigenvalue weighted by Gasteiger charge is 2.30. The number of urea groups is 1. The number of esters is 1. The first kappa shape index (κ1) is 21.8. The Morgan fingerprint density at radius 3 is 2.63 bits per heavy atom. The molecule has 1 aliphatic heterocycles. The third-order valence-corrected chi connectivity index (χ3v) is 5.93. The van der Waals surface area contributed by atoms with Gasteiger partial charge in [-0.15, -0.1) is 4.80 Å². The van der Waals surface area contributed by atoms with Gasteiger partial charge in [0.25, 0.3) is 0 Å². The fourth-order valence-corrected chi connectivity index (χ4v) is 4.42. The summed E-state index contributed by atoms with van der Waals surface area (Å²) < 4.78 is 5.16. The average molecular weight is 435 g/mol. The fraction of sp³-hybridized carbons (Fsp3) is 0.526. The van der Waals surface area contributed by atoms with E-state index in [2.05, 4.69) is 20.8 Å². The van der Waals surface area contributed by atoms with Crippen LogP contribution in [0, 0.1) is 12.8 Å². The highest BCUT2D eigenvalue weighted by molar-refractivity contribution is 7.19. The van der Waals surface area contributed by atoms with Crippen LogP contribution in [0.2, 0.25) is 0 Å². The van der Waals surface area contributed by atoms with Gasteiger partial charge in [0, 0.05) is 30.6 Å². The van der Waals surface area contributed by atoms with E-state index >= 15 is 0 Å². The fourth-order valence-electron chi connectivity index (χ4n) is 3.32. The molecule has 3 amide bonds. The van der Waals surface area contributed by atoms with E-state index in [4.69, 9.17) is 4.74 Å². The summed E-state index contributed by atoms with van der Waals surface area (Å²) in [5.74, 6) is -0.516. The summed E-state index contributed by atoms with van der Waals surface area (Å²) in [6.07, 6.45) is 3.75. The predicted molar refractivity (Wildman–Crippen MR) is 112 cm³/mol. The second-order valence-corrected chi connectivity index (χ2v) is 8.30. The average Bonchev–Trinajstić information content (AvgIpc) is 3.42. The van der Waals surface area contributed by atoms with Crippen LogP contribution in [0.4, 0.5) is 9.80 Å². The standard InChI is InChI=1S/C19H26N6O4S/c1-5-29-18(27)14-12(4)17(25-20-7-8-21-25)30-15(14)23-19(28)22-13-6-9-24(10-13)16(26)11(2)3/h7-8,11,13H,5-6,9-10H2,1-4H3,(H2,22,23,28)/t13-/m1/s1. The zero-order valence-corrected chi connectivity index (χ0v) is 18.3. The molecular weight excluding hydrogens is 408 g/mol. The van der Waals surface area contributed by atoms with Gasteiger partial charge in [-0.1, -0.05) is 25.2 Å². The summed E-state index contributed by atoms with van der Waals surface area (Å²) in [7, 11) is 0. The molecule has 1 aliphatic rings. The lowest BCUT2D eigenvalue weighted by molar-refractivity contribution is -0.133. The summed E-state index contributed by atoms with van der Waals surface area (Å²) in [6.45, 7) is 8.51. The van der Waals surface area contributed by atoms with Gasteiger partial charge in [-0.2, -0.15) is 10.2 Å². The van der Waals surface area contributed by atoms with Crippen molar-refractivity contribution in [2.45, 2.75) is 40.2 Å². The van der Waals surface area contributed by atoms with Crippen molar-refractivity contribution in [2.24, 2.45) is 5.92 Å². The van der Waals surface area contributed by atoms with Gasteiger partial charge in [-0.25, -0.2) is 9.59 Å². The van der Waals surface area contributed by atoms with Crippen molar-refractivity contribution in [1.29, 1.82) is 0 Å². The van der Waals surface area contributed by atoms with Crippen LogP contribution in [0.1, 0.15) is 43.1 Å². The van der Waals surface area contributed by atoms with Gasteiger partial charge < -0.3 is 15.0 Å². The second kappa shape index (κ2) is 9.24. The van der Waals surface area contributed by atoms with Gasteiger partial charge in [0.15, 0.2) is 0 Å². The number of aromatic nitrogens is 3. The Kier molecular flexibility index (Phi) is 6.70. The topological polar surface area (TPSA) is 118 Å². The summed E-state index contributed by atoms with van der Waals surface area (Å²) in [5, 5.41) is 14.8. The molecule has 1 fully saturated rings. The molecule has 2 N–H and O–H groups in total. The largest absolute Gasteiger partial charge is 0.462 e. The number of hydrogen-bond donors (Lipinski definition) is 2. The van der Waals surface area contributed by atoms with E-state index in [1.54, 1.807) is 18.7 Å². The van der Waals surface area contributed by atoms with Crippen LogP contribution in [0.3, 0.4) is 0 Å². The summed E-state index contributed by atoms with van der Waals surface area (Å²) in [4.78, 5) is 40.4. The molecule has 3 rings (SSSR count). The second-order valence-electron chi connectivity index (χ2n) is 7.30. The van der Waals surface area contributed by atoms with Gasteiger partial charge in [-0.3, -0.25) is 10.1 Å². The van der Waals surface area contributed by atoms with E-state index in [9.17, 15) is 14.4 Å². The van der Waals surface area contributed by atoms with Crippen molar-refractivity contribution < 1.29 is 19.1 Å². The van der Waals surface area contributed by atoms with Gasteiger partial charge in [-0.05, 0) is 20.3 Å². The van der Waals surface area contributed by atoms with Crippen molar-refractivity contribution >= 4 is 34.2 Å². The van der Waals surface area contributed by atoms with Gasteiger partial charge >= 0.3 is 12.0 Å². The monoisotopic (exact) mass is 434 g/mol. The number of nitrogens with zero attached hydrogens (tertiary/aromatic N) is 4. The van der Waals surface area contributed by atoms with E-state index in [1.165, 1.54) is 28.5 Å². The quantitative estimate of drug-likeness (QED) is 0.673. The normalized spacial score (nSPS) is 16.0. The molecule has 2 aromatic rings. The first-order chi connectivity index (χ1) is 14.3. The van der Waals surface area contributed by atoms with Gasteiger partial charge in [0.05, 0.1) is 24.6 Å².